The molecular weight excluding hydrogens is 340 g/mol. The molecule has 4 atom stereocenters. The van der Waals surface area contributed by atoms with Gasteiger partial charge in [-0.05, 0) is 50.5 Å². The van der Waals surface area contributed by atoms with E-state index in [0.717, 1.165) is 23.3 Å². The number of carbonyl (C=O) groups is 1. The van der Waals surface area contributed by atoms with Crippen LogP contribution in [0.2, 0.25) is 0 Å². The van der Waals surface area contributed by atoms with E-state index < -0.39 is 11.4 Å². The van der Waals surface area contributed by atoms with Gasteiger partial charge in [0.1, 0.15) is 11.4 Å². The van der Waals surface area contributed by atoms with Crippen LogP contribution in [0.25, 0.3) is 0 Å². The van der Waals surface area contributed by atoms with Crippen molar-refractivity contribution in [3.05, 3.63) is 59.1 Å². The first-order chi connectivity index (χ1) is 12.7. The van der Waals surface area contributed by atoms with E-state index >= 15 is 0 Å². The van der Waals surface area contributed by atoms with Gasteiger partial charge in [-0.15, -0.1) is 0 Å². The highest BCUT2D eigenvalue weighted by Gasteiger charge is 2.58. The molecule has 0 bridgehead atoms. The zero-order valence-corrected chi connectivity index (χ0v) is 17.2. The number of fused-ring (bicyclic) bond motifs is 3. The molecule has 0 spiro atoms. The minimum Gasteiger partial charge on any atom is -0.465 e. The van der Waals surface area contributed by atoms with Gasteiger partial charge in [-0.3, -0.25) is 4.79 Å². The molecule has 0 aromatic heterocycles. The van der Waals surface area contributed by atoms with E-state index in [1.807, 2.05) is 32.1 Å². The topological polar surface area (TPSA) is 44.8 Å². The Labute approximate surface area is 162 Å². The first-order valence-corrected chi connectivity index (χ1v) is 9.67. The summed E-state index contributed by atoms with van der Waals surface area (Å²) in [4.78, 5) is 12.8. The number of hydrogen-bond donors (Lipinski definition) is 0. The van der Waals surface area contributed by atoms with Gasteiger partial charge < -0.3 is 14.2 Å². The molecule has 1 aliphatic carbocycles. The molecule has 4 nitrogen and oxygen atoms in total. The SMILES string of the molecule is CC[C@H](C)/C=C(/C)C=CC1=CC2=CC(=O)[C@]3(C)O[C@@](C)(OC)C[C@@H]3C2=CO1. The van der Waals surface area contributed by atoms with Crippen LogP contribution in [0.15, 0.2) is 59.1 Å². The van der Waals surface area contributed by atoms with Gasteiger partial charge in [0.2, 0.25) is 0 Å². The van der Waals surface area contributed by atoms with Crippen molar-refractivity contribution in [1.82, 2.24) is 0 Å². The van der Waals surface area contributed by atoms with E-state index in [1.54, 1.807) is 19.4 Å². The van der Waals surface area contributed by atoms with Gasteiger partial charge in [-0.1, -0.05) is 38.0 Å². The number of allylic oxidation sites excluding steroid dienone is 6. The van der Waals surface area contributed by atoms with Crippen LogP contribution in [-0.2, 0) is 19.0 Å². The first kappa shape index (κ1) is 19.8. The van der Waals surface area contributed by atoms with E-state index in [0.29, 0.717) is 12.3 Å². The number of carbonyl (C=O) groups excluding carboxylic acids is 1. The molecular formula is C23H30O4. The highest BCUT2D eigenvalue weighted by Crippen LogP contribution is 2.51. The van der Waals surface area contributed by atoms with Gasteiger partial charge in [0.15, 0.2) is 11.6 Å². The average Bonchev–Trinajstić information content (AvgIpc) is 2.93. The van der Waals surface area contributed by atoms with Crippen LogP contribution in [0.5, 0.6) is 0 Å². The summed E-state index contributed by atoms with van der Waals surface area (Å²) in [6, 6.07) is 0. The molecule has 0 N–H and O–H groups in total. The maximum absolute atomic E-state index is 12.8. The molecule has 1 saturated heterocycles. The third kappa shape index (κ3) is 3.74. The molecule has 1 fully saturated rings. The number of ketones is 1. The van der Waals surface area contributed by atoms with E-state index in [1.165, 1.54) is 5.57 Å². The van der Waals surface area contributed by atoms with Crippen molar-refractivity contribution in [2.75, 3.05) is 7.11 Å². The quantitative estimate of drug-likeness (QED) is 0.639. The summed E-state index contributed by atoms with van der Waals surface area (Å²) in [6.07, 6.45) is 13.3. The van der Waals surface area contributed by atoms with Crippen LogP contribution in [0.4, 0.5) is 0 Å². The van der Waals surface area contributed by atoms with Gasteiger partial charge in [-0.25, -0.2) is 0 Å². The summed E-state index contributed by atoms with van der Waals surface area (Å²) in [5, 5.41) is 0. The van der Waals surface area contributed by atoms with Crippen molar-refractivity contribution in [1.29, 1.82) is 0 Å². The van der Waals surface area contributed by atoms with Crippen molar-refractivity contribution < 1.29 is 19.0 Å². The van der Waals surface area contributed by atoms with Crippen molar-refractivity contribution in [2.24, 2.45) is 11.8 Å². The highest BCUT2D eigenvalue weighted by atomic mass is 16.7. The second kappa shape index (κ2) is 7.25. The smallest absolute Gasteiger partial charge is 0.188 e. The Bertz CT molecular complexity index is 782. The maximum Gasteiger partial charge on any atom is 0.188 e. The summed E-state index contributed by atoms with van der Waals surface area (Å²) in [7, 11) is 1.61. The lowest BCUT2D eigenvalue weighted by molar-refractivity contribution is -0.221. The molecule has 0 saturated carbocycles. The monoisotopic (exact) mass is 370 g/mol. The molecule has 3 rings (SSSR count). The van der Waals surface area contributed by atoms with E-state index in [2.05, 4.69) is 26.8 Å². The minimum absolute atomic E-state index is 0.0187. The fraction of sp³-hybridized carbons (Fsp3) is 0.522. The van der Waals surface area contributed by atoms with Crippen LogP contribution in [0, 0.1) is 11.8 Å². The number of methoxy groups -OCH3 is 1. The van der Waals surface area contributed by atoms with Crippen molar-refractivity contribution in [3.63, 3.8) is 0 Å². The lowest BCUT2D eigenvalue weighted by Gasteiger charge is -2.35. The van der Waals surface area contributed by atoms with Crippen molar-refractivity contribution >= 4 is 5.78 Å². The van der Waals surface area contributed by atoms with E-state index in [9.17, 15) is 4.79 Å². The van der Waals surface area contributed by atoms with Crippen molar-refractivity contribution in [2.45, 2.75) is 58.8 Å². The average molecular weight is 370 g/mol. The van der Waals surface area contributed by atoms with Crippen LogP contribution in [-0.4, -0.2) is 24.3 Å². The standard InChI is InChI=1S/C23H30O4/c1-7-15(2)10-16(3)8-9-18-11-17-12-21(24)23(5)20(19(17)14-26-18)13-22(4,25-6)27-23/h8-12,14-15,20H,7,13H2,1-6H3/b9-8?,16-10-/t15-,20+,22+,23+/m0/s1. The van der Waals surface area contributed by atoms with Gasteiger partial charge in [0, 0.05) is 25.0 Å². The van der Waals surface area contributed by atoms with Crippen LogP contribution >= 0.6 is 0 Å². The fourth-order valence-corrected chi connectivity index (χ4v) is 3.97. The third-order valence-corrected chi connectivity index (χ3v) is 5.91. The highest BCUT2D eigenvalue weighted by molar-refractivity contribution is 6.01. The molecule has 3 aliphatic rings. The predicted molar refractivity (Wildman–Crippen MR) is 106 cm³/mol. The van der Waals surface area contributed by atoms with Crippen LogP contribution < -0.4 is 0 Å². The van der Waals surface area contributed by atoms with Gasteiger partial charge in [0.05, 0.1) is 6.26 Å². The summed E-state index contributed by atoms with van der Waals surface area (Å²) in [5.74, 6) is 0.419. The number of hydrogen-bond acceptors (Lipinski definition) is 4. The second-order valence-electron chi connectivity index (χ2n) is 8.13. The predicted octanol–water partition coefficient (Wildman–Crippen LogP) is 5.00. The summed E-state index contributed by atoms with van der Waals surface area (Å²) in [6.45, 7) is 10.2. The largest absolute Gasteiger partial charge is 0.465 e. The Balaban J connectivity index is 1.83. The van der Waals surface area contributed by atoms with E-state index in [4.69, 9.17) is 14.2 Å². The van der Waals surface area contributed by atoms with Crippen molar-refractivity contribution in [3.8, 4) is 0 Å². The van der Waals surface area contributed by atoms with Crippen LogP contribution in [0.3, 0.4) is 0 Å². The normalized spacial score (nSPS) is 34.4. The van der Waals surface area contributed by atoms with Gasteiger partial charge in [-0.2, -0.15) is 0 Å². The summed E-state index contributed by atoms with van der Waals surface area (Å²) in [5.41, 5.74) is 2.20. The zero-order valence-electron chi connectivity index (χ0n) is 17.2. The van der Waals surface area contributed by atoms with Gasteiger partial charge in [0.25, 0.3) is 0 Å². The third-order valence-electron chi connectivity index (χ3n) is 5.91. The molecule has 0 radical (unpaired) electrons. The number of rotatable bonds is 5. The first-order valence-electron chi connectivity index (χ1n) is 9.67. The molecule has 0 amide bonds. The Morgan fingerprint density at radius 3 is 2.81 bits per heavy atom. The molecule has 0 aromatic rings. The zero-order chi connectivity index (χ0) is 19.8. The minimum atomic E-state index is -0.903. The lowest BCUT2D eigenvalue weighted by atomic mass is 9.72. The molecule has 4 heteroatoms. The summed E-state index contributed by atoms with van der Waals surface area (Å²) >= 11 is 0. The van der Waals surface area contributed by atoms with Gasteiger partial charge >= 0.3 is 0 Å². The molecule has 0 unspecified atom stereocenters. The Kier molecular flexibility index (Phi) is 5.33. The summed E-state index contributed by atoms with van der Waals surface area (Å²) < 4.78 is 17.4. The molecule has 2 aliphatic heterocycles. The van der Waals surface area contributed by atoms with E-state index in [-0.39, 0.29) is 11.7 Å². The Morgan fingerprint density at radius 2 is 2.15 bits per heavy atom. The fourth-order valence-electron chi connectivity index (χ4n) is 3.97. The molecule has 2 heterocycles. The van der Waals surface area contributed by atoms with Crippen LogP contribution in [0.1, 0.15) is 47.5 Å². The molecule has 0 aromatic carbocycles. The molecule has 146 valence electrons. The maximum atomic E-state index is 12.8. The molecule has 27 heavy (non-hydrogen) atoms. The Hall–Kier alpha value is -1.91. The second-order valence-corrected chi connectivity index (χ2v) is 8.13. The Morgan fingerprint density at radius 1 is 1.41 bits per heavy atom. The lowest BCUT2D eigenvalue weighted by Crippen LogP contribution is -2.45. The number of ether oxygens (including phenoxy) is 3.